The number of thiophene rings is 2. The van der Waals surface area contributed by atoms with Gasteiger partial charge in [0, 0.05) is 21.2 Å². The van der Waals surface area contributed by atoms with Gasteiger partial charge in [-0.15, -0.1) is 22.7 Å². The number of carboxylic acids is 1. The summed E-state index contributed by atoms with van der Waals surface area (Å²) in [5, 5.41) is 11.9. The van der Waals surface area contributed by atoms with Crippen molar-refractivity contribution in [1.82, 2.24) is 9.55 Å². The van der Waals surface area contributed by atoms with Crippen LogP contribution in [0.1, 0.15) is 43.4 Å². The zero-order valence-electron chi connectivity index (χ0n) is 13.9. The molecule has 1 unspecified atom stereocenters. The van der Waals surface area contributed by atoms with Crippen molar-refractivity contribution in [1.29, 1.82) is 0 Å². The third kappa shape index (κ3) is 2.57. The van der Waals surface area contributed by atoms with Gasteiger partial charge in [-0.25, -0.2) is 9.78 Å². The van der Waals surface area contributed by atoms with Crippen LogP contribution >= 0.6 is 22.7 Å². The van der Waals surface area contributed by atoms with Gasteiger partial charge in [0.05, 0.1) is 5.39 Å². The molecule has 0 saturated carbocycles. The third-order valence-electron chi connectivity index (χ3n) is 3.99. The third-order valence-corrected chi connectivity index (χ3v) is 5.88. The number of rotatable bonds is 4. The maximum absolute atomic E-state index is 13.2. The van der Waals surface area contributed by atoms with Crippen molar-refractivity contribution >= 4 is 38.9 Å². The van der Waals surface area contributed by atoms with Crippen molar-refractivity contribution in [3.8, 4) is 10.4 Å². The Hall–Kier alpha value is -1.99. The summed E-state index contributed by atoms with van der Waals surface area (Å²) in [5.74, 6) is -0.567. The zero-order valence-corrected chi connectivity index (χ0v) is 15.5. The summed E-state index contributed by atoms with van der Waals surface area (Å²) < 4.78 is 1.33. The van der Waals surface area contributed by atoms with Gasteiger partial charge in [-0.1, -0.05) is 19.9 Å². The molecule has 5 nitrogen and oxygen atoms in total. The summed E-state index contributed by atoms with van der Waals surface area (Å²) >= 11 is 3.05. The van der Waals surface area contributed by atoms with Gasteiger partial charge in [-0.05, 0) is 25.3 Å². The van der Waals surface area contributed by atoms with Gasteiger partial charge in [0.2, 0.25) is 0 Å². The van der Waals surface area contributed by atoms with E-state index >= 15 is 0 Å². The Morgan fingerprint density at radius 3 is 2.58 bits per heavy atom. The molecule has 1 atom stereocenters. The molecule has 3 heterocycles. The van der Waals surface area contributed by atoms with E-state index in [0.717, 1.165) is 15.3 Å². The highest BCUT2D eigenvalue weighted by atomic mass is 32.1. The molecule has 0 saturated heterocycles. The summed E-state index contributed by atoms with van der Waals surface area (Å²) in [6.07, 6.45) is 0. The Bertz CT molecular complexity index is 968. The van der Waals surface area contributed by atoms with E-state index in [1.807, 2.05) is 38.3 Å². The van der Waals surface area contributed by atoms with Crippen molar-refractivity contribution in [2.45, 2.75) is 39.7 Å². The van der Waals surface area contributed by atoms with Crippen LogP contribution < -0.4 is 5.56 Å². The first kappa shape index (κ1) is 16.9. The summed E-state index contributed by atoms with van der Waals surface area (Å²) in [6, 6.07) is 2.96. The molecule has 3 rings (SSSR count). The fourth-order valence-electron chi connectivity index (χ4n) is 2.80. The highest BCUT2D eigenvalue weighted by Crippen LogP contribution is 2.38. The van der Waals surface area contributed by atoms with Crippen LogP contribution in [-0.2, 0) is 4.79 Å². The Morgan fingerprint density at radius 1 is 1.33 bits per heavy atom. The molecule has 0 radical (unpaired) electrons. The van der Waals surface area contributed by atoms with Crippen LogP contribution in [0, 0.1) is 6.92 Å². The van der Waals surface area contributed by atoms with Crippen molar-refractivity contribution < 1.29 is 9.90 Å². The second kappa shape index (κ2) is 6.14. The first-order chi connectivity index (χ1) is 11.3. The summed E-state index contributed by atoms with van der Waals surface area (Å²) in [6.45, 7) is 7.33. The Kier molecular flexibility index (Phi) is 4.31. The van der Waals surface area contributed by atoms with E-state index in [1.54, 1.807) is 11.3 Å². The molecule has 0 aliphatic rings. The molecule has 0 aliphatic heterocycles. The van der Waals surface area contributed by atoms with Gasteiger partial charge >= 0.3 is 5.97 Å². The molecule has 24 heavy (non-hydrogen) atoms. The van der Waals surface area contributed by atoms with Crippen LogP contribution in [0.15, 0.2) is 22.3 Å². The Labute approximate surface area is 147 Å². The molecule has 0 aliphatic carbocycles. The lowest BCUT2D eigenvalue weighted by atomic mass is 10.1. The lowest BCUT2D eigenvalue weighted by Gasteiger charge is -2.18. The van der Waals surface area contributed by atoms with Gasteiger partial charge in [-0.3, -0.25) is 9.36 Å². The molecule has 0 amide bonds. The van der Waals surface area contributed by atoms with E-state index in [-0.39, 0.29) is 11.5 Å². The van der Waals surface area contributed by atoms with E-state index in [2.05, 4.69) is 4.98 Å². The van der Waals surface area contributed by atoms with Crippen LogP contribution in [0.3, 0.4) is 0 Å². The number of aryl methyl sites for hydroxylation is 1. The fraction of sp³-hybridized carbons (Fsp3) is 0.353. The maximum Gasteiger partial charge on any atom is 0.326 e. The smallest absolute Gasteiger partial charge is 0.326 e. The minimum Gasteiger partial charge on any atom is -0.480 e. The molecule has 0 spiro atoms. The predicted octanol–water partition coefficient (Wildman–Crippen LogP) is 4.26. The molecule has 0 fully saturated rings. The van der Waals surface area contributed by atoms with Crippen LogP contribution in [0.4, 0.5) is 0 Å². The van der Waals surface area contributed by atoms with E-state index in [4.69, 9.17) is 0 Å². The van der Waals surface area contributed by atoms with E-state index in [0.29, 0.717) is 16.0 Å². The first-order valence-corrected chi connectivity index (χ1v) is 9.34. The molecule has 126 valence electrons. The molecule has 0 aromatic carbocycles. The van der Waals surface area contributed by atoms with Crippen molar-refractivity contribution in [2.75, 3.05) is 0 Å². The van der Waals surface area contributed by atoms with Gasteiger partial charge in [0.1, 0.15) is 16.7 Å². The number of nitrogens with zero attached hydrogens (tertiary/aromatic N) is 2. The average molecular weight is 362 g/mol. The standard InChI is InChI=1S/C17H18N2O3S2/c1-8(2)14-18-15-13(16(20)19(14)9(3)17(21)22)12(10(4)24-15)11-6-5-7-23-11/h5-9H,1-4H3,(H,21,22). The molecular formula is C17H18N2O3S2. The second-order valence-corrected chi connectivity index (χ2v) is 8.16. The number of hydrogen-bond donors (Lipinski definition) is 1. The largest absolute Gasteiger partial charge is 0.480 e. The summed E-state index contributed by atoms with van der Waals surface area (Å²) in [5.41, 5.74) is 0.607. The molecule has 7 heteroatoms. The maximum atomic E-state index is 13.2. The molecule has 3 aromatic heterocycles. The normalized spacial score (nSPS) is 12.9. The number of carbonyl (C=O) groups is 1. The first-order valence-electron chi connectivity index (χ1n) is 7.65. The van der Waals surface area contributed by atoms with Crippen LogP contribution in [0.25, 0.3) is 20.7 Å². The lowest BCUT2D eigenvalue weighted by Crippen LogP contribution is -2.32. The number of aliphatic carboxylic acids is 1. The number of hydrogen-bond acceptors (Lipinski definition) is 5. The highest BCUT2D eigenvalue weighted by molar-refractivity contribution is 7.20. The number of aromatic nitrogens is 2. The quantitative estimate of drug-likeness (QED) is 0.752. The van der Waals surface area contributed by atoms with Gasteiger partial charge in [0.25, 0.3) is 5.56 Å². The van der Waals surface area contributed by atoms with Gasteiger partial charge in [0.15, 0.2) is 0 Å². The number of fused-ring (bicyclic) bond motifs is 1. The van der Waals surface area contributed by atoms with Crippen LogP contribution in [0.5, 0.6) is 0 Å². The highest BCUT2D eigenvalue weighted by Gasteiger charge is 2.26. The van der Waals surface area contributed by atoms with E-state index < -0.39 is 12.0 Å². The minimum atomic E-state index is -1.04. The van der Waals surface area contributed by atoms with Gasteiger partial charge < -0.3 is 5.11 Å². The fourth-order valence-corrected chi connectivity index (χ4v) is 4.73. The Morgan fingerprint density at radius 2 is 2.04 bits per heavy atom. The van der Waals surface area contributed by atoms with Crippen molar-refractivity contribution in [3.05, 3.63) is 38.6 Å². The SMILES string of the molecule is Cc1sc2nc(C(C)C)n(C(C)C(=O)O)c(=O)c2c1-c1cccs1. The van der Waals surface area contributed by atoms with Crippen LogP contribution in [0.2, 0.25) is 0 Å². The topological polar surface area (TPSA) is 72.2 Å². The second-order valence-electron chi connectivity index (χ2n) is 6.00. The molecule has 0 bridgehead atoms. The molecule has 1 N–H and O–H groups in total. The lowest BCUT2D eigenvalue weighted by molar-refractivity contribution is -0.140. The minimum absolute atomic E-state index is 0.0449. The molecular weight excluding hydrogens is 344 g/mol. The number of carboxylic acid groups (broad SMARTS) is 1. The van der Waals surface area contributed by atoms with E-state index in [1.165, 1.54) is 22.8 Å². The zero-order chi connectivity index (χ0) is 17.6. The van der Waals surface area contributed by atoms with Crippen molar-refractivity contribution in [2.24, 2.45) is 0 Å². The predicted molar refractivity (Wildman–Crippen MR) is 98.4 cm³/mol. The monoisotopic (exact) mass is 362 g/mol. The van der Waals surface area contributed by atoms with Gasteiger partial charge in [-0.2, -0.15) is 0 Å². The van der Waals surface area contributed by atoms with Crippen LogP contribution in [-0.4, -0.2) is 20.6 Å². The summed E-state index contributed by atoms with van der Waals surface area (Å²) in [4.78, 5) is 32.1. The average Bonchev–Trinajstić information content (AvgIpc) is 3.12. The van der Waals surface area contributed by atoms with Crippen molar-refractivity contribution in [3.63, 3.8) is 0 Å². The Balaban J connectivity index is 2.44. The molecule has 3 aromatic rings. The van der Waals surface area contributed by atoms with E-state index in [9.17, 15) is 14.7 Å². The summed E-state index contributed by atoms with van der Waals surface area (Å²) in [7, 11) is 0.